The zero-order valence-corrected chi connectivity index (χ0v) is 19.3. The van der Waals surface area contributed by atoms with Gasteiger partial charge in [0.1, 0.15) is 0 Å². The minimum absolute atomic E-state index is 0.173. The maximum atomic E-state index is 13.5. The van der Waals surface area contributed by atoms with Crippen molar-refractivity contribution in [2.45, 2.75) is 19.9 Å². The molecule has 0 N–H and O–H groups in total. The van der Waals surface area contributed by atoms with Crippen molar-refractivity contribution >= 4 is 29.1 Å². The summed E-state index contributed by atoms with van der Waals surface area (Å²) >= 11 is 1.33. The average Bonchev–Trinajstić information content (AvgIpc) is 3.08. The summed E-state index contributed by atoms with van der Waals surface area (Å²) in [7, 11) is 3.94. The predicted octanol–water partition coefficient (Wildman–Crippen LogP) is 2.86. The number of ether oxygens (including phenoxy) is 1. The van der Waals surface area contributed by atoms with Crippen LogP contribution in [0.4, 0.5) is 5.69 Å². The Morgan fingerprint density at radius 3 is 2.47 bits per heavy atom. The molecule has 0 saturated carbocycles. The summed E-state index contributed by atoms with van der Waals surface area (Å²) in [5, 5.41) is 0. The van der Waals surface area contributed by atoms with E-state index >= 15 is 0 Å². The van der Waals surface area contributed by atoms with Crippen LogP contribution in [0.1, 0.15) is 31.0 Å². The van der Waals surface area contributed by atoms with Gasteiger partial charge in [-0.15, -0.1) is 0 Å². The number of carbonyl (C=O) groups is 1. The van der Waals surface area contributed by atoms with Gasteiger partial charge in [-0.3, -0.25) is 9.36 Å². The molecule has 164 valence electrons. The molecule has 32 heavy (non-hydrogen) atoms. The summed E-state index contributed by atoms with van der Waals surface area (Å²) in [6.45, 7) is 3.81. The number of hydrogen-bond donors (Lipinski definition) is 0. The van der Waals surface area contributed by atoms with Crippen LogP contribution in [-0.2, 0) is 9.53 Å². The second kappa shape index (κ2) is 8.96. The highest BCUT2D eigenvalue weighted by molar-refractivity contribution is 7.07. The van der Waals surface area contributed by atoms with E-state index in [1.807, 2.05) is 79.7 Å². The Kier molecular flexibility index (Phi) is 6.10. The van der Waals surface area contributed by atoms with Crippen LogP contribution >= 0.6 is 11.3 Å². The van der Waals surface area contributed by atoms with Crippen molar-refractivity contribution in [1.29, 1.82) is 0 Å². The summed E-state index contributed by atoms with van der Waals surface area (Å²) in [4.78, 5) is 33.6. The van der Waals surface area contributed by atoms with Crippen molar-refractivity contribution in [2.75, 3.05) is 25.6 Å². The molecule has 2 aromatic carbocycles. The van der Waals surface area contributed by atoms with Gasteiger partial charge in [0.25, 0.3) is 5.56 Å². The zero-order valence-electron chi connectivity index (χ0n) is 18.5. The monoisotopic (exact) mass is 447 g/mol. The van der Waals surface area contributed by atoms with Crippen molar-refractivity contribution in [3.63, 3.8) is 0 Å². The molecule has 2 heterocycles. The van der Waals surface area contributed by atoms with E-state index < -0.39 is 12.0 Å². The lowest BCUT2D eigenvalue weighted by Crippen LogP contribution is -2.39. The number of carbonyl (C=O) groups excluding carboxylic acids is 1. The summed E-state index contributed by atoms with van der Waals surface area (Å²) in [6, 6.07) is 17.0. The van der Waals surface area contributed by atoms with Crippen LogP contribution in [0, 0.1) is 0 Å². The third-order valence-electron chi connectivity index (χ3n) is 5.34. The molecule has 1 aliphatic heterocycles. The van der Waals surface area contributed by atoms with Crippen LogP contribution in [-0.4, -0.2) is 31.2 Å². The Hall–Kier alpha value is -3.45. The summed E-state index contributed by atoms with van der Waals surface area (Å²) in [5.41, 5.74) is 3.59. The number of benzene rings is 2. The van der Waals surface area contributed by atoms with Crippen molar-refractivity contribution in [1.82, 2.24) is 4.57 Å². The lowest BCUT2D eigenvalue weighted by atomic mass is 9.95. The van der Waals surface area contributed by atoms with Gasteiger partial charge >= 0.3 is 5.97 Å². The van der Waals surface area contributed by atoms with Crippen LogP contribution in [0.5, 0.6) is 0 Å². The highest BCUT2D eigenvalue weighted by atomic mass is 32.1. The highest BCUT2D eigenvalue weighted by Gasteiger charge is 2.33. The second-order valence-electron chi connectivity index (χ2n) is 7.70. The fourth-order valence-electron chi connectivity index (χ4n) is 3.76. The molecule has 4 rings (SSSR count). The van der Waals surface area contributed by atoms with Gasteiger partial charge in [-0.2, -0.15) is 0 Å². The van der Waals surface area contributed by atoms with Crippen molar-refractivity contribution < 1.29 is 9.53 Å². The van der Waals surface area contributed by atoms with Gasteiger partial charge in [0, 0.05) is 19.8 Å². The van der Waals surface area contributed by atoms with Gasteiger partial charge in [-0.05, 0) is 43.2 Å². The molecule has 1 aliphatic rings. The number of anilines is 1. The van der Waals surface area contributed by atoms with Gasteiger partial charge in [-0.1, -0.05) is 53.8 Å². The van der Waals surface area contributed by atoms with Gasteiger partial charge in [-0.25, -0.2) is 9.79 Å². The molecular formula is C25H25N3O3S. The maximum absolute atomic E-state index is 13.5. The number of fused-ring (bicyclic) bond motifs is 1. The van der Waals surface area contributed by atoms with E-state index in [-0.39, 0.29) is 12.2 Å². The van der Waals surface area contributed by atoms with Crippen molar-refractivity contribution in [3.8, 4) is 0 Å². The average molecular weight is 448 g/mol. The minimum atomic E-state index is -0.598. The Morgan fingerprint density at radius 1 is 1.16 bits per heavy atom. The third kappa shape index (κ3) is 4.03. The van der Waals surface area contributed by atoms with Gasteiger partial charge in [0.05, 0.1) is 28.5 Å². The first kappa shape index (κ1) is 21.8. The first-order chi connectivity index (χ1) is 15.4. The van der Waals surface area contributed by atoms with Crippen LogP contribution in [0.3, 0.4) is 0 Å². The van der Waals surface area contributed by atoms with Crippen LogP contribution in [0.25, 0.3) is 6.08 Å². The Balaban J connectivity index is 1.94. The second-order valence-corrected chi connectivity index (χ2v) is 8.71. The smallest absolute Gasteiger partial charge is 0.338 e. The lowest BCUT2D eigenvalue weighted by molar-refractivity contribution is -0.139. The van der Waals surface area contributed by atoms with E-state index in [0.717, 1.165) is 16.8 Å². The van der Waals surface area contributed by atoms with Gasteiger partial charge in [0.15, 0.2) is 4.80 Å². The third-order valence-corrected chi connectivity index (χ3v) is 6.32. The molecule has 1 atom stereocenters. The van der Waals surface area contributed by atoms with Crippen LogP contribution in [0.15, 0.2) is 75.7 Å². The Labute approximate surface area is 190 Å². The first-order valence-electron chi connectivity index (χ1n) is 10.4. The van der Waals surface area contributed by atoms with Gasteiger partial charge in [0.2, 0.25) is 0 Å². The number of allylic oxidation sites excluding steroid dienone is 1. The lowest BCUT2D eigenvalue weighted by Gasteiger charge is -2.25. The Morgan fingerprint density at radius 2 is 1.84 bits per heavy atom. The van der Waals surface area contributed by atoms with Gasteiger partial charge < -0.3 is 9.64 Å². The number of nitrogens with zero attached hydrogens (tertiary/aromatic N) is 3. The fourth-order valence-corrected chi connectivity index (χ4v) is 4.81. The van der Waals surface area contributed by atoms with Crippen molar-refractivity contribution in [3.05, 3.63) is 96.7 Å². The first-order valence-corrected chi connectivity index (χ1v) is 11.2. The number of hydrogen-bond acceptors (Lipinski definition) is 6. The number of rotatable bonds is 5. The van der Waals surface area contributed by atoms with Crippen LogP contribution in [0.2, 0.25) is 0 Å². The topological polar surface area (TPSA) is 63.9 Å². The molecule has 6 nitrogen and oxygen atoms in total. The number of thiazole rings is 1. The summed E-state index contributed by atoms with van der Waals surface area (Å²) in [5.74, 6) is -0.451. The SMILES string of the molecule is CCOC(=O)C1=C(C)N=c2s/c(=C/c3ccccc3)c(=O)n2C1c1ccc(N(C)C)cc1. The molecule has 0 saturated heterocycles. The molecule has 3 aromatic rings. The van der Waals surface area contributed by atoms with E-state index in [0.29, 0.717) is 20.6 Å². The molecule has 0 radical (unpaired) electrons. The van der Waals surface area contributed by atoms with E-state index in [1.165, 1.54) is 11.3 Å². The standard InChI is InChI=1S/C25H25N3O3S/c1-5-31-24(30)21-16(2)26-25-28(22(21)18-11-13-19(14-12-18)27(3)4)23(29)20(32-25)15-17-9-7-6-8-10-17/h6-15,22H,5H2,1-4H3/b20-15+. The number of aromatic nitrogens is 1. The molecule has 0 aliphatic carbocycles. The quantitative estimate of drug-likeness (QED) is 0.565. The molecule has 1 unspecified atom stereocenters. The normalized spacial score (nSPS) is 15.9. The molecule has 0 bridgehead atoms. The van der Waals surface area contributed by atoms with E-state index in [4.69, 9.17) is 4.74 Å². The zero-order chi connectivity index (χ0) is 22.8. The van der Waals surface area contributed by atoms with Crippen LogP contribution < -0.4 is 19.8 Å². The molecule has 0 fully saturated rings. The fraction of sp³-hybridized carbons (Fsp3) is 0.240. The van der Waals surface area contributed by atoms with E-state index in [9.17, 15) is 9.59 Å². The summed E-state index contributed by atoms with van der Waals surface area (Å²) in [6.07, 6.45) is 1.86. The molecule has 7 heteroatoms. The molecule has 0 amide bonds. The summed E-state index contributed by atoms with van der Waals surface area (Å²) < 4.78 is 7.52. The largest absolute Gasteiger partial charge is 0.463 e. The Bertz CT molecular complexity index is 1350. The van der Waals surface area contributed by atoms with Crippen molar-refractivity contribution in [2.24, 2.45) is 4.99 Å². The predicted molar refractivity (Wildman–Crippen MR) is 128 cm³/mol. The minimum Gasteiger partial charge on any atom is -0.463 e. The highest BCUT2D eigenvalue weighted by Crippen LogP contribution is 2.31. The maximum Gasteiger partial charge on any atom is 0.338 e. The number of esters is 1. The molecular weight excluding hydrogens is 422 g/mol. The van der Waals surface area contributed by atoms with E-state index in [2.05, 4.69) is 4.99 Å². The van der Waals surface area contributed by atoms with E-state index in [1.54, 1.807) is 18.4 Å². The molecule has 0 spiro atoms. The molecule has 1 aromatic heterocycles.